The first-order valence-corrected chi connectivity index (χ1v) is 53.0. The average molecular weight is 1900 g/mol. The number of phenolic OH excluding ortho intramolecular Hbond substituents is 1. The molecule has 20 aliphatic carbocycles. The summed E-state index contributed by atoms with van der Waals surface area (Å²) in [6.07, 6.45) is 39.0. The van der Waals surface area contributed by atoms with Gasteiger partial charge in [0.15, 0.2) is 0 Å². The summed E-state index contributed by atoms with van der Waals surface area (Å²) in [6, 6.07) is 10.3. The van der Waals surface area contributed by atoms with Crippen LogP contribution in [0.1, 0.15) is 321 Å². The van der Waals surface area contributed by atoms with Gasteiger partial charge in [-0.1, -0.05) is 110 Å². The van der Waals surface area contributed by atoms with Crippen LogP contribution < -0.4 is 4.74 Å². The normalized spacial score (nSPS) is 37.7. The van der Waals surface area contributed by atoms with Gasteiger partial charge in [0.1, 0.15) is 57.3 Å². The molecule has 748 valence electrons. The zero-order chi connectivity index (χ0) is 98.8. The lowest BCUT2D eigenvalue weighted by Crippen LogP contribution is -2.60. The zero-order valence-corrected chi connectivity index (χ0v) is 84.6. The van der Waals surface area contributed by atoms with Crippen molar-refractivity contribution in [3.05, 3.63) is 134 Å². The van der Waals surface area contributed by atoms with E-state index in [2.05, 4.69) is 80.3 Å². The predicted molar refractivity (Wildman–Crippen MR) is 521 cm³/mol. The Balaban J connectivity index is 0.000000125. The molecule has 2 aromatic carbocycles. The minimum absolute atomic E-state index is 0.00733. The molecule has 2 heterocycles. The van der Waals surface area contributed by atoms with Gasteiger partial charge in [0.25, 0.3) is 10.1 Å². The van der Waals surface area contributed by atoms with Gasteiger partial charge in [0, 0.05) is 91.4 Å². The zero-order valence-electron chi connectivity index (χ0n) is 83.8. The summed E-state index contributed by atoms with van der Waals surface area (Å²) >= 11 is 0. The van der Waals surface area contributed by atoms with E-state index in [1.807, 2.05) is 13.8 Å². The van der Waals surface area contributed by atoms with Gasteiger partial charge in [0.2, 0.25) is 0 Å². The fourth-order valence-corrected chi connectivity index (χ4v) is 32.5. The first-order valence-electron chi connectivity index (χ1n) is 51.5. The summed E-state index contributed by atoms with van der Waals surface area (Å²) in [5.41, 5.74) is 1.72. The van der Waals surface area contributed by atoms with E-state index in [-0.39, 0.29) is 98.2 Å². The molecule has 0 amide bonds. The van der Waals surface area contributed by atoms with Gasteiger partial charge in [-0.25, -0.2) is 38.4 Å². The Morgan fingerprint density at radius 3 is 1.54 bits per heavy atom. The van der Waals surface area contributed by atoms with Crippen molar-refractivity contribution in [1.82, 2.24) is 0 Å². The Bertz CT molecular complexity index is 5000. The number of esters is 8. The molecular formula is C113H158O22S. The standard InChI is InChI=1S/C18H26O2.C17H26O2.C16H24O2.C14H20O3.C14H12O3.C13H22O2.C11H14O5S.C10H14O3/c1-4-18(20-17(19)10(2)3)9-13-8-14(18)16-12-6-5-11(7-12)15(13)16;1-11(2)15(18)19-16(3,4)17-8-12-5-13(9-17)7-14(6-12)10-17;1-4-16(18-15(17)10(2)3)13-6-11-5-12(8-13)9-14(16)7-11;1-9(2)12(15)17-14-6-10-3-11(7-14)5-13(16,4-10)8-14;1-9(2)14(16)17-13-8-4-5-10-11(13)6-3-7-12(10)15;1-10(2)12(14)15-13(3,4)11-8-6-5-7-9-11;1-5(2)11(12)15-9-6-3-7-8(4-6)17(13,14)16-10(7)9;1-7-6-10(13-9(7)12)4-2-8(11)3-5-10/h11-16H,2,4-9H2,1,3H3;12-14H,1,5-10H2,2-4H3;11-14H,2,4-9H2,1,3H3;10-11,16H,1,3-8H2,2H3;3-8,15H,1H2,2H3;11H,1,5-9H2,2-4H3;6-10H,1,3-4H2,2H3;8,11H,1-6H2. The minimum atomic E-state index is -3.43. The summed E-state index contributed by atoms with van der Waals surface area (Å²) in [7, 11) is -3.43. The molecule has 3 N–H and O–H groups in total. The van der Waals surface area contributed by atoms with Gasteiger partial charge in [-0.3, -0.25) is 4.18 Å². The second-order valence-corrected chi connectivity index (χ2v) is 49.0. The highest BCUT2D eigenvalue weighted by atomic mass is 32.2. The van der Waals surface area contributed by atoms with Crippen molar-refractivity contribution in [1.29, 1.82) is 0 Å². The van der Waals surface area contributed by atoms with Crippen LogP contribution in [0.4, 0.5) is 0 Å². The third-order valence-corrected chi connectivity index (χ3v) is 38.0. The van der Waals surface area contributed by atoms with Crippen LogP contribution in [0.15, 0.2) is 134 Å². The van der Waals surface area contributed by atoms with Gasteiger partial charge in [-0.2, -0.15) is 8.42 Å². The first-order chi connectivity index (χ1) is 63.8. The quantitative estimate of drug-likeness (QED) is 0.0312. The van der Waals surface area contributed by atoms with Crippen LogP contribution in [0.25, 0.3) is 10.8 Å². The maximum atomic E-state index is 12.1. The Kier molecular flexibility index (Phi) is 31.0. The summed E-state index contributed by atoms with van der Waals surface area (Å²) in [5, 5.41) is 30.5. The van der Waals surface area contributed by atoms with Gasteiger partial charge in [0.05, 0.1) is 17.0 Å². The van der Waals surface area contributed by atoms with Crippen LogP contribution in [0.3, 0.4) is 0 Å². The lowest BCUT2D eigenvalue weighted by molar-refractivity contribution is -0.217. The van der Waals surface area contributed by atoms with E-state index in [0.29, 0.717) is 116 Å². The van der Waals surface area contributed by atoms with E-state index in [4.69, 9.17) is 42.1 Å². The van der Waals surface area contributed by atoms with Crippen molar-refractivity contribution in [2.45, 2.75) is 384 Å². The van der Waals surface area contributed by atoms with Crippen LogP contribution in [0, 0.1) is 112 Å². The smallest absolute Gasteiger partial charge is 0.338 e. The molecule has 1 spiro atoms. The Hall–Kier alpha value is -7.99. The fourth-order valence-electron chi connectivity index (χ4n) is 30.6. The molecule has 18 bridgehead atoms. The molecule has 136 heavy (non-hydrogen) atoms. The van der Waals surface area contributed by atoms with Crippen LogP contribution in [-0.2, 0) is 85.8 Å². The van der Waals surface area contributed by atoms with Crippen LogP contribution in [0.2, 0.25) is 0 Å². The van der Waals surface area contributed by atoms with E-state index in [9.17, 15) is 62.1 Å². The number of rotatable bonds is 18. The molecule has 14 unspecified atom stereocenters. The molecule has 2 aliphatic heterocycles. The van der Waals surface area contributed by atoms with E-state index in [1.165, 1.54) is 135 Å². The van der Waals surface area contributed by atoms with E-state index in [0.717, 1.165) is 136 Å². The summed E-state index contributed by atoms with van der Waals surface area (Å²) in [4.78, 5) is 93.3. The molecule has 2 aromatic rings. The molecule has 0 aromatic heterocycles. The highest BCUT2D eigenvalue weighted by Gasteiger charge is 2.70. The predicted octanol–water partition coefficient (Wildman–Crippen LogP) is 22.2. The van der Waals surface area contributed by atoms with Gasteiger partial charge in [-0.05, 0) is 376 Å². The van der Waals surface area contributed by atoms with E-state index in [1.54, 1.807) is 84.9 Å². The molecule has 22 fully saturated rings. The number of aliphatic hydroxyl groups excluding tert-OH is 1. The number of hydrogen-bond acceptors (Lipinski definition) is 22. The maximum Gasteiger partial charge on any atom is 0.338 e. The summed E-state index contributed by atoms with van der Waals surface area (Å²) < 4.78 is 73.2. The number of phenols is 1. The Morgan fingerprint density at radius 2 is 1.01 bits per heavy atom. The van der Waals surface area contributed by atoms with Crippen molar-refractivity contribution in [2.75, 3.05) is 0 Å². The number of aromatic hydroxyl groups is 1. The molecule has 22 aliphatic rings. The number of hydrogen-bond donors (Lipinski definition) is 3. The molecule has 24 rings (SSSR count). The van der Waals surface area contributed by atoms with Crippen LogP contribution in [-0.4, -0.2) is 134 Å². The Morgan fingerprint density at radius 1 is 0.507 bits per heavy atom. The number of aliphatic hydroxyl groups is 2. The lowest BCUT2D eigenvalue weighted by Gasteiger charge is -2.61. The van der Waals surface area contributed by atoms with Crippen LogP contribution in [0.5, 0.6) is 11.5 Å². The molecule has 0 radical (unpaired) electrons. The molecule has 20 saturated carbocycles. The summed E-state index contributed by atoms with van der Waals surface area (Å²) in [5.74, 6) is 11.0. The number of carbonyl (C=O) groups is 8. The SMILES string of the molecule is C=C(C)C(=O)OC(C)(C)C12CC3CC(CC(C3)C1)C2.C=C(C)C(=O)OC(C)(C)C1CCCCC1.C=C(C)C(=O)OC1(CC)C2CC3CC(C2)CC1C3.C=C(C)C(=O)OC1(CC)CC2CC1C1C3CCC(C3)C21.C=C(C)C(=O)OC12CC3CC(CC(O)(C3)C1)C2.C=C(C)C(=O)OC1C2CC3C1OS(=O)(=O)C3C2.C=C(C)C(=O)Oc1cccc2c(O)cccc12.C=C1CC2(CCC(O)CC2)OC1=O. The minimum Gasteiger partial charge on any atom is -0.507 e. The van der Waals surface area contributed by atoms with Gasteiger partial charge in [-0.15, -0.1) is 0 Å². The highest BCUT2D eigenvalue weighted by molar-refractivity contribution is 7.87. The summed E-state index contributed by atoms with van der Waals surface area (Å²) in [6.45, 7) is 53.6. The van der Waals surface area contributed by atoms with Crippen molar-refractivity contribution < 1.29 is 104 Å². The fraction of sp³-hybridized carbons (Fsp3) is 0.699. The topological polar surface area (TPSA) is 314 Å². The molecule has 22 nitrogen and oxygen atoms in total. The van der Waals surface area contributed by atoms with Crippen molar-refractivity contribution in [2.24, 2.45) is 112 Å². The molecule has 14 atom stereocenters. The second-order valence-electron chi connectivity index (χ2n) is 47.2. The number of benzene rings is 2. The number of fused-ring (bicyclic) bond motifs is 11. The van der Waals surface area contributed by atoms with Crippen molar-refractivity contribution >= 4 is 68.6 Å². The molecule has 2 saturated heterocycles. The van der Waals surface area contributed by atoms with Gasteiger partial charge >= 0.3 is 47.8 Å². The average Bonchev–Trinajstić information content (AvgIpc) is 1.54. The first kappa shape index (κ1) is 104. The third kappa shape index (κ3) is 21.9. The van der Waals surface area contributed by atoms with Gasteiger partial charge < -0.3 is 53.2 Å². The number of ether oxygens (including phenoxy) is 8. The molecule has 23 heteroatoms. The maximum absolute atomic E-state index is 12.1. The Labute approximate surface area is 809 Å². The molecular weight excluding hydrogens is 1740 g/mol. The number of carbonyl (C=O) groups excluding carboxylic acids is 8. The van der Waals surface area contributed by atoms with Crippen LogP contribution >= 0.6 is 0 Å². The van der Waals surface area contributed by atoms with Crippen molar-refractivity contribution in [3.8, 4) is 11.5 Å². The van der Waals surface area contributed by atoms with E-state index >= 15 is 0 Å². The highest BCUT2D eigenvalue weighted by Crippen LogP contribution is 2.72. The third-order valence-electron chi connectivity index (χ3n) is 36.2. The van der Waals surface area contributed by atoms with Crippen molar-refractivity contribution in [3.63, 3.8) is 0 Å². The largest absolute Gasteiger partial charge is 0.507 e. The lowest BCUT2D eigenvalue weighted by atomic mass is 9.46. The second kappa shape index (κ2) is 40.6. The van der Waals surface area contributed by atoms with E-state index < -0.39 is 45.5 Å². The monoisotopic (exact) mass is 1900 g/mol.